The van der Waals surface area contributed by atoms with Crippen molar-refractivity contribution in [3.8, 4) is 0 Å². The van der Waals surface area contributed by atoms with Crippen molar-refractivity contribution in [2.45, 2.75) is 25.8 Å². The molecule has 18 heavy (non-hydrogen) atoms. The zero-order chi connectivity index (χ0) is 13.2. The van der Waals surface area contributed by atoms with Crippen molar-refractivity contribution in [1.29, 1.82) is 0 Å². The van der Waals surface area contributed by atoms with Crippen molar-refractivity contribution in [3.05, 3.63) is 42.1 Å². The van der Waals surface area contributed by atoms with E-state index >= 15 is 0 Å². The largest absolute Gasteiger partial charge is 0.308 e. The van der Waals surface area contributed by atoms with Gasteiger partial charge in [-0.05, 0) is 33.0 Å². The number of para-hydroxylation sites is 1. The number of benzene rings is 1. The van der Waals surface area contributed by atoms with Crippen LogP contribution in [0.5, 0.6) is 0 Å². The van der Waals surface area contributed by atoms with Crippen LogP contribution in [0.15, 0.2) is 36.4 Å². The molecule has 0 radical (unpaired) electrons. The van der Waals surface area contributed by atoms with Crippen LogP contribution in [0.2, 0.25) is 0 Å². The van der Waals surface area contributed by atoms with Crippen LogP contribution in [-0.4, -0.2) is 23.4 Å². The molecule has 2 aromatic rings. The number of nitrogens with one attached hydrogen (secondary N) is 1. The third kappa shape index (κ3) is 2.57. The quantitative estimate of drug-likeness (QED) is 0.894. The summed E-state index contributed by atoms with van der Waals surface area (Å²) < 4.78 is 0. The lowest BCUT2D eigenvalue weighted by Gasteiger charge is -2.21. The summed E-state index contributed by atoms with van der Waals surface area (Å²) in [5.41, 5.74) is 1.25. The van der Waals surface area contributed by atoms with Gasteiger partial charge in [0.1, 0.15) is 0 Å². The molecule has 0 fully saturated rings. The van der Waals surface area contributed by atoms with Crippen LogP contribution >= 0.6 is 0 Å². The zero-order valence-corrected chi connectivity index (χ0v) is 11.0. The summed E-state index contributed by atoms with van der Waals surface area (Å²) in [5, 5.41) is 4.12. The summed E-state index contributed by atoms with van der Waals surface area (Å²) in [6, 6.07) is 11.9. The van der Waals surface area contributed by atoms with E-state index in [0.29, 0.717) is 6.42 Å². The lowest BCUT2D eigenvalue weighted by Crippen LogP contribution is -2.45. The standard InChI is InChI=1S/C15H18N2O/c1-15(2,16-3)14(18)10-12-9-8-11-6-4-5-7-13(11)17-12/h4-9,16H,10H2,1-3H3. The number of hydrogen-bond donors (Lipinski definition) is 1. The second-order valence-electron chi connectivity index (χ2n) is 4.97. The Kier molecular flexibility index (Phi) is 3.43. The van der Waals surface area contributed by atoms with Crippen molar-refractivity contribution in [3.63, 3.8) is 0 Å². The maximum absolute atomic E-state index is 12.1. The molecule has 94 valence electrons. The number of hydrogen-bond acceptors (Lipinski definition) is 3. The molecule has 0 amide bonds. The van der Waals surface area contributed by atoms with Crippen molar-refractivity contribution >= 4 is 16.7 Å². The Morgan fingerprint density at radius 1 is 1.22 bits per heavy atom. The van der Waals surface area contributed by atoms with Gasteiger partial charge in [0.15, 0.2) is 5.78 Å². The maximum atomic E-state index is 12.1. The van der Waals surface area contributed by atoms with E-state index < -0.39 is 5.54 Å². The summed E-state index contributed by atoms with van der Waals surface area (Å²) >= 11 is 0. The van der Waals surface area contributed by atoms with Gasteiger partial charge in [-0.2, -0.15) is 0 Å². The minimum absolute atomic E-state index is 0.146. The Balaban J connectivity index is 2.25. The third-order valence-corrected chi connectivity index (χ3v) is 3.32. The molecule has 3 nitrogen and oxygen atoms in total. The average molecular weight is 242 g/mol. The maximum Gasteiger partial charge on any atom is 0.158 e. The molecule has 0 unspecified atom stereocenters. The SMILES string of the molecule is CNC(C)(C)C(=O)Cc1ccc2ccccc2n1. The first-order chi connectivity index (χ1) is 8.53. The number of ketones is 1. The first kappa shape index (κ1) is 12.7. The van der Waals surface area contributed by atoms with Crippen molar-refractivity contribution in [1.82, 2.24) is 10.3 Å². The lowest BCUT2D eigenvalue weighted by molar-refractivity contribution is -0.123. The van der Waals surface area contributed by atoms with E-state index in [9.17, 15) is 4.79 Å². The number of carbonyl (C=O) groups excluding carboxylic acids is 1. The van der Waals surface area contributed by atoms with Gasteiger partial charge in [-0.15, -0.1) is 0 Å². The molecular formula is C15H18N2O. The topological polar surface area (TPSA) is 42.0 Å². The van der Waals surface area contributed by atoms with E-state index in [1.54, 1.807) is 7.05 Å². The van der Waals surface area contributed by atoms with E-state index in [-0.39, 0.29) is 5.78 Å². The van der Waals surface area contributed by atoms with Gasteiger partial charge < -0.3 is 5.32 Å². The number of nitrogens with zero attached hydrogens (tertiary/aromatic N) is 1. The predicted molar refractivity (Wildman–Crippen MR) is 73.6 cm³/mol. The summed E-state index contributed by atoms with van der Waals surface area (Å²) in [4.78, 5) is 16.6. The number of aromatic nitrogens is 1. The molecule has 0 saturated heterocycles. The first-order valence-electron chi connectivity index (χ1n) is 6.10. The first-order valence-corrected chi connectivity index (χ1v) is 6.10. The Labute approximate surface area is 107 Å². The fourth-order valence-corrected chi connectivity index (χ4v) is 1.73. The molecule has 1 heterocycles. The van der Waals surface area contributed by atoms with Crippen molar-refractivity contribution in [2.24, 2.45) is 0 Å². The van der Waals surface area contributed by atoms with E-state index in [1.807, 2.05) is 50.2 Å². The van der Waals surface area contributed by atoms with Crippen LogP contribution < -0.4 is 5.32 Å². The molecule has 0 bridgehead atoms. The minimum Gasteiger partial charge on any atom is -0.308 e. The Morgan fingerprint density at radius 3 is 2.67 bits per heavy atom. The summed E-state index contributed by atoms with van der Waals surface area (Å²) in [7, 11) is 1.80. The minimum atomic E-state index is -0.507. The summed E-state index contributed by atoms with van der Waals surface area (Å²) in [5.74, 6) is 0.146. The highest BCUT2D eigenvalue weighted by Gasteiger charge is 2.25. The highest BCUT2D eigenvalue weighted by Crippen LogP contribution is 2.14. The van der Waals surface area contributed by atoms with Gasteiger partial charge in [0.25, 0.3) is 0 Å². The third-order valence-electron chi connectivity index (χ3n) is 3.32. The predicted octanol–water partition coefficient (Wildman–Crippen LogP) is 2.34. The molecule has 0 aliphatic rings. The molecule has 1 N–H and O–H groups in total. The number of likely N-dealkylation sites (N-methyl/N-ethyl adjacent to an activating group) is 1. The summed E-state index contributed by atoms with van der Waals surface area (Å²) in [6.45, 7) is 3.77. The molecule has 1 aromatic carbocycles. The average Bonchev–Trinajstić information content (AvgIpc) is 2.38. The number of rotatable bonds is 4. The Hall–Kier alpha value is -1.74. The monoisotopic (exact) mass is 242 g/mol. The highest BCUT2D eigenvalue weighted by molar-refractivity contribution is 5.89. The number of fused-ring (bicyclic) bond motifs is 1. The number of pyridine rings is 1. The molecule has 1 aromatic heterocycles. The molecular weight excluding hydrogens is 224 g/mol. The zero-order valence-electron chi connectivity index (χ0n) is 11.0. The second-order valence-corrected chi connectivity index (χ2v) is 4.97. The van der Waals surface area contributed by atoms with Gasteiger partial charge in [-0.3, -0.25) is 9.78 Å². The molecule has 3 heteroatoms. The van der Waals surface area contributed by atoms with Crippen LogP contribution in [-0.2, 0) is 11.2 Å². The van der Waals surface area contributed by atoms with Gasteiger partial charge >= 0.3 is 0 Å². The molecule has 0 spiro atoms. The number of Topliss-reactive ketones (excluding diaryl/α,β-unsaturated/α-hetero) is 1. The van der Waals surface area contributed by atoms with Crippen molar-refractivity contribution < 1.29 is 4.79 Å². The van der Waals surface area contributed by atoms with Crippen molar-refractivity contribution in [2.75, 3.05) is 7.05 Å². The van der Waals surface area contributed by atoms with E-state index in [2.05, 4.69) is 10.3 Å². The smallest absolute Gasteiger partial charge is 0.158 e. The molecule has 0 aliphatic heterocycles. The van der Waals surface area contributed by atoms with Gasteiger partial charge in [-0.25, -0.2) is 0 Å². The van der Waals surface area contributed by atoms with E-state index in [1.165, 1.54) is 0 Å². The van der Waals surface area contributed by atoms with E-state index in [0.717, 1.165) is 16.6 Å². The fourth-order valence-electron chi connectivity index (χ4n) is 1.73. The Morgan fingerprint density at radius 2 is 1.94 bits per heavy atom. The fraction of sp³-hybridized carbons (Fsp3) is 0.333. The van der Waals surface area contributed by atoms with Gasteiger partial charge in [0.2, 0.25) is 0 Å². The van der Waals surface area contributed by atoms with E-state index in [4.69, 9.17) is 0 Å². The lowest BCUT2D eigenvalue weighted by atomic mass is 9.95. The second kappa shape index (κ2) is 4.86. The van der Waals surface area contributed by atoms with Crippen LogP contribution in [0.3, 0.4) is 0 Å². The molecule has 2 rings (SSSR count). The molecule has 0 saturated carbocycles. The van der Waals surface area contributed by atoms with Gasteiger partial charge in [-0.1, -0.05) is 24.3 Å². The highest BCUT2D eigenvalue weighted by atomic mass is 16.1. The van der Waals surface area contributed by atoms with Crippen LogP contribution in [0.4, 0.5) is 0 Å². The Bertz CT molecular complexity index is 575. The number of carbonyl (C=O) groups is 1. The van der Waals surface area contributed by atoms with Crippen LogP contribution in [0, 0.1) is 0 Å². The normalized spacial score (nSPS) is 11.7. The van der Waals surface area contributed by atoms with Crippen LogP contribution in [0.25, 0.3) is 10.9 Å². The molecule has 0 aliphatic carbocycles. The van der Waals surface area contributed by atoms with Gasteiger partial charge in [0, 0.05) is 11.1 Å². The van der Waals surface area contributed by atoms with Gasteiger partial charge in [0.05, 0.1) is 17.5 Å². The van der Waals surface area contributed by atoms with Crippen LogP contribution in [0.1, 0.15) is 19.5 Å². The molecule has 0 atom stereocenters. The summed E-state index contributed by atoms with van der Waals surface area (Å²) in [6.07, 6.45) is 0.360.